The molecule has 1 aromatic heterocycles. The van der Waals surface area contributed by atoms with Crippen molar-refractivity contribution in [3.8, 4) is 0 Å². The molecule has 2 N–H and O–H groups in total. The number of rotatable bonds is 4. The van der Waals surface area contributed by atoms with E-state index in [0.717, 1.165) is 32.5 Å². The molecule has 0 atom stereocenters. The smallest absolute Gasteiger partial charge is 0.153 e. The molecule has 2 rings (SSSR count). The quantitative estimate of drug-likeness (QED) is 0.898. The molecule has 96 valence electrons. The maximum Gasteiger partial charge on any atom is 0.153 e. The zero-order chi connectivity index (χ0) is 12.3. The van der Waals surface area contributed by atoms with Gasteiger partial charge in [-0.05, 0) is 31.8 Å². The Labute approximate surface area is 106 Å². The minimum atomic E-state index is -0.258. The van der Waals surface area contributed by atoms with Gasteiger partial charge in [-0.3, -0.25) is 0 Å². The minimum Gasteiger partial charge on any atom is -0.384 e. The molecule has 4 nitrogen and oxygen atoms in total. The lowest BCUT2D eigenvalue weighted by atomic mass is 9.97. The lowest BCUT2D eigenvalue weighted by Gasteiger charge is -2.31. The summed E-state index contributed by atoms with van der Waals surface area (Å²) in [6, 6.07) is 1.67. The van der Waals surface area contributed by atoms with Crippen molar-refractivity contribution >= 4 is 17.4 Å². The van der Waals surface area contributed by atoms with Crippen LogP contribution >= 0.6 is 11.6 Å². The Bertz CT molecular complexity index is 360. The van der Waals surface area contributed by atoms with Crippen molar-refractivity contribution in [2.24, 2.45) is 5.92 Å². The molecule has 0 amide bonds. The van der Waals surface area contributed by atoms with Crippen LogP contribution < -0.4 is 5.73 Å². The fraction of sp³-hybridized carbons (Fsp3) is 0.727. The van der Waals surface area contributed by atoms with E-state index in [0.29, 0.717) is 23.4 Å². The number of nitrogen functional groups attached to an aromatic ring is 1. The predicted octanol–water partition coefficient (Wildman–Crippen LogP) is 1.80. The highest BCUT2D eigenvalue weighted by atomic mass is 35.5. The first-order chi connectivity index (χ1) is 8.19. The number of halogens is 2. The molecule has 1 aromatic rings. The van der Waals surface area contributed by atoms with Gasteiger partial charge in [0.15, 0.2) is 5.15 Å². The number of nitrogens with two attached hydrogens (primary N) is 1. The molecule has 1 aliphatic heterocycles. The molecule has 0 aliphatic carbocycles. The molecule has 1 fully saturated rings. The number of nitrogens with zero attached hydrogens (tertiary/aromatic N) is 3. The molecular formula is C11H18ClFN4. The van der Waals surface area contributed by atoms with Gasteiger partial charge in [0.25, 0.3) is 0 Å². The monoisotopic (exact) mass is 260 g/mol. The Morgan fingerprint density at radius 1 is 1.47 bits per heavy atom. The number of likely N-dealkylation sites (tertiary alicyclic amines) is 1. The third kappa shape index (κ3) is 3.33. The van der Waals surface area contributed by atoms with Crippen LogP contribution in [0.3, 0.4) is 0 Å². The van der Waals surface area contributed by atoms with Gasteiger partial charge in [-0.1, -0.05) is 11.6 Å². The number of alkyl halides is 1. The summed E-state index contributed by atoms with van der Waals surface area (Å²) in [7, 11) is 0. The van der Waals surface area contributed by atoms with E-state index in [1.807, 2.05) is 0 Å². The van der Waals surface area contributed by atoms with Crippen molar-refractivity contribution in [3.63, 3.8) is 0 Å². The summed E-state index contributed by atoms with van der Waals surface area (Å²) >= 11 is 5.79. The van der Waals surface area contributed by atoms with Gasteiger partial charge in [-0.25, -0.2) is 9.07 Å². The van der Waals surface area contributed by atoms with E-state index in [9.17, 15) is 4.39 Å². The van der Waals surface area contributed by atoms with Crippen molar-refractivity contribution in [2.45, 2.75) is 19.4 Å². The van der Waals surface area contributed by atoms with Gasteiger partial charge in [-0.15, -0.1) is 0 Å². The molecular weight excluding hydrogens is 243 g/mol. The van der Waals surface area contributed by atoms with Crippen molar-refractivity contribution in [1.82, 2.24) is 14.7 Å². The maximum atomic E-state index is 12.2. The second kappa shape index (κ2) is 5.69. The number of piperidine rings is 1. The van der Waals surface area contributed by atoms with Gasteiger partial charge in [0, 0.05) is 19.2 Å². The Morgan fingerprint density at radius 3 is 2.71 bits per heavy atom. The second-order valence-corrected chi connectivity index (χ2v) is 4.94. The van der Waals surface area contributed by atoms with Crippen LogP contribution in [0.25, 0.3) is 0 Å². The highest BCUT2D eigenvalue weighted by Crippen LogP contribution is 2.21. The van der Waals surface area contributed by atoms with Crippen molar-refractivity contribution in [3.05, 3.63) is 11.2 Å². The largest absolute Gasteiger partial charge is 0.384 e. The molecule has 0 spiro atoms. The summed E-state index contributed by atoms with van der Waals surface area (Å²) in [5.41, 5.74) is 5.79. The lowest BCUT2D eigenvalue weighted by Crippen LogP contribution is -2.36. The molecule has 0 unspecified atom stereocenters. The topological polar surface area (TPSA) is 47.1 Å². The van der Waals surface area contributed by atoms with E-state index in [1.165, 1.54) is 0 Å². The zero-order valence-corrected chi connectivity index (χ0v) is 10.5. The van der Waals surface area contributed by atoms with E-state index in [-0.39, 0.29) is 6.67 Å². The fourth-order valence-electron chi connectivity index (χ4n) is 2.30. The van der Waals surface area contributed by atoms with Crippen molar-refractivity contribution in [2.75, 3.05) is 32.0 Å². The number of hydrogen-bond acceptors (Lipinski definition) is 3. The third-order valence-electron chi connectivity index (χ3n) is 3.32. The molecule has 0 aromatic carbocycles. The Balaban J connectivity index is 1.84. The molecule has 0 radical (unpaired) electrons. The molecule has 1 saturated heterocycles. The van der Waals surface area contributed by atoms with E-state index in [4.69, 9.17) is 17.3 Å². The van der Waals surface area contributed by atoms with Crippen LogP contribution in [0.1, 0.15) is 12.8 Å². The molecule has 1 aliphatic rings. The molecule has 0 bridgehead atoms. The van der Waals surface area contributed by atoms with Crippen LogP contribution in [0.5, 0.6) is 0 Å². The summed E-state index contributed by atoms with van der Waals surface area (Å²) in [6.07, 6.45) is 2.13. The van der Waals surface area contributed by atoms with E-state index >= 15 is 0 Å². The minimum absolute atomic E-state index is 0.258. The number of aromatic nitrogens is 2. The fourth-order valence-corrected chi connectivity index (χ4v) is 2.50. The maximum absolute atomic E-state index is 12.2. The molecule has 2 heterocycles. The normalized spacial score (nSPS) is 18.7. The summed E-state index contributed by atoms with van der Waals surface area (Å²) in [5, 5.41) is 4.59. The molecule has 6 heteroatoms. The van der Waals surface area contributed by atoms with E-state index in [2.05, 4.69) is 10.00 Å². The van der Waals surface area contributed by atoms with Gasteiger partial charge >= 0.3 is 0 Å². The Hall–Kier alpha value is -0.810. The Morgan fingerprint density at radius 2 is 2.18 bits per heavy atom. The van der Waals surface area contributed by atoms with E-state index < -0.39 is 0 Å². The third-order valence-corrected chi connectivity index (χ3v) is 3.51. The van der Waals surface area contributed by atoms with Gasteiger partial charge in [0.05, 0.1) is 0 Å². The highest BCUT2D eigenvalue weighted by Gasteiger charge is 2.20. The summed E-state index contributed by atoms with van der Waals surface area (Å²) in [4.78, 5) is 2.16. The first-order valence-corrected chi connectivity index (χ1v) is 6.34. The average molecular weight is 261 g/mol. The van der Waals surface area contributed by atoms with Crippen LogP contribution in [0.4, 0.5) is 10.2 Å². The van der Waals surface area contributed by atoms with E-state index in [1.54, 1.807) is 10.7 Å². The van der Waals surface area contributed by atoms with Gasteiger partial charge in [0.1, 0.15) is 12.5 Å². The second-order valence-electron chi connectivity index (χ2n) is 4.55. The zero-order valence-electron chi connectivity index (χ0n) is 9.78. The average Bonchev–Trinajstić information content (AvgIpc) is 2.61. The van der Waals surface area contributed by atoms with Gasteiger partial charge in [-0.2, -0.15) is 5.10 Å². The highest BCUT2D eigenvalue weighted by molar-refractivity contribution is 6.29. The van der Waals surface area contributed by atoms with Gasteiger partial charge in [0.2, 0.25) is 0 Å². The summed E-state index contributed by atoms with van der Waals surface area (Å²) in [6.45, 7) is 3.03. The lowest BCUT2D eigenvalue weighted by molar-refractivity contribution is 0.161. The van der Waals surface area contributed by atoms with Crippen LogP contribution in [0.2, 0.25) is 5.15 Å². The summed E-state index contributed by atoms with van der Waals surface area (Å²) in [5.74, 6) is 1.17. The summed E-state index contributed by atoms with van der Waals surface area (Å²) < 4.78 is 14.0. The predicted molar refractivity (Wildman–Crippen MR) is 66.8 cm³/mol. The molecule has 0 saturated carbocycles. The van der Waals surface area contributed by atoms with Crippen LogP contribution in [-0.2, 0) is 6.54 Å². The van der Waals surface area contributed by atoms with Crippen molar-refractivity contribution < 1.29 is 4.39 Å². The standard InChI is InChI=1S/C11H18ClFN4/c12-10-7-11(14)17(15-10)8-9-1-4-16(5-2-9)6-3-13/h7,9H,1-6,8,14H2. The SMILES string of the molecule is Nc1cc(Cl)nn1CC1CCN(CCF)CC1. The number of anilines is 1. The first kappa shape index (κ1) is 12.6. The van der Waals surface area contributed by atoms with Crippen molar-refractivity contribution in [1.29, 1.82) is 0 Å². The molecule has 17 heavy (non-hydrogen) atoms. The van der Waals surface area contributed by atoms with Gasteiger partial charge < -0.3 is 10.6 Å². The Kier molecular flexibility index (Phi) is 4.23. The van der Waals surface area contributed by atoms with Crippen LogP contribution in [0, 0.1) is 5.92 Å². The number of hydrogen-bond donors (Lipinski definition) is 1. The van der Waals surface area contributed by atoms with Crippen LogP contribution in [0.15, 0.2) is 6.07 Å². The first-order valence-electron chi connectivity index (χ1n) is 5.96. The van der Waals surface area contributed by atoms with Crippen LogP contribution in [-0.4, -0.2) is 41.0 Å².